The van der Waals surface area contributed by atoms with Gasteiger partial charge in [0.05, 0.1) is 0 Å². The van der Waals surface area contributed by atoms with Gasteiger partial charge in [0.25, 0.3) is 0 Å². The van der Waals surface area contributed by atoms with Crippen molar-refractivity contribution >= 4 is 0 Å². The van der Waals surface area contributed by atoms with E-state index in [-0.39, 0.29) is 0 Å². The highest BCUT2D eigenvalue weighted by Gasteiger charge is 2.10. The van der Waals surface area contributed by atoms with Crippen molar-refractivity contribution in [3.8, 4) is 0 Å². The van der Waals surface area contributed by atoms with E-state index in [0.29, 0.717) is 0 Å². The Balaban J connectivity index is 3.56. The van der Waals surface area contributed by atoms with Gasteiger partial charge >= 0.3 is 0 Å². The molecule has 0 aromatic carbocycles. The lowest BCUT2D eigenvalue weighted by Crippen LogP contribution is -2.07. The Hall–Kier alpha value is -0.260. The zero-order valence-electron chi connectivity index (χ0n) is 9.90. The lowest BCUT2D eigenvalue weighted by molar-refractivity contribution is 0.336. The smallest absolute Gasteiger partial charge is 0.0323 e. The molecule has 0 spiro atoms. The van der Waals surface area contributed by atoms with Crippen molar-refractivity contribution in [1.82, 2.24) is 0 Å². The van der Waals surface area contributed by atoms with Gasteiger partial charge in [0.1, 0.15) is 0 Å². The fraction of sp³-hybridized carbons (Fsp3) is 0.846. The summed E-state index contributed by atoms with van der Waals surface area (Å²) in [5.41, 5.74) is 1.33. The lowest BCUT2D eigenvalue weighted by atomic mass is 9.87. The summed E-state index contributed by atoms with van der Waals surface area (Å²) in [6, 6.07) is 0. The first-order chi connectivity index (χ1) is 6.07. The average molecular weight is 182 g/mol. The van der Waals surface area contributed by atoms with E-state index in [4.69, 9.17) is 0 Å². The second-order valence-corrected chi connectivity index (χ2v) is 4.59. The third-order valence-corrected chi connectivity index (χ3v) is 3.01. The molecule has 2 atom stereocenters. The number of hydrogen-bond acceptors (Lipinski definition) is 0. The molecule has 0 aromatic rings. The Bertz CT molecular complexity index is 135. The molecule has 0 saturated carbocycles. The molecule has 0 aliphatic carbocycles. The van der Waals surface area contributed by atoms with Gasteiger partial charge in [-0.05, 0) is 31.6 Å². The maximum Gasteiger partial charge on any atom is -0.0323 e. The standard InChI is InChI=1S/C13H26/c1-6-7-8-12(4)13(5)10-9-11(2)3/h12-13H,2,6-10H2,1,3-5H3. The molecule has 0 fully saturated rings. The van der Waals surface area contributed by atoms with E-state index in [1.54, 1.807) is 0 Å². The quantitative estimate of drug-likeness (QED) is 0.496. The summed E-state index contributed by atoms with van der Waals surface area (Å²) in [5.74, 6) is 1.75. The predicted octanol–water partition coefficient (Wildman–Crippen LogP) is 4.81. The molecule has 0 aliphatic heterocycles. The van der Waals surface area contributed by atoms with Gasteiger partial charge in [-0.2, -0.15) is 0 Å². The Kier molecular flexibility index (Phi) is 7.03. The van der Waals surface area contributed by atoms with Crippen LogP contribution in [0.3, 0.4) is 0 Å². The van der Waals surface area contributed by atoms with Crippen molar-refractivity contribution < 1.29 is 0 Å². The normalized spacial score (nSPS) is 15.4. The fourth-order valence-corrected chi connectivity index (χ4v) is 1.57. The molecule has 0 N–H and O–H groups in total. The summed E-state index contributed by atoms with van der Waals surface area (Å²) in [6.45, 7) is 13.1. The maximum atomic E-state index is 3.95. The van der Waals surface area contributed by atoms with Crippen LogP contribution in [-0.2, 0) is 0 Å². The topological polar surface area (TPSA) is 0 Å². The first kappa shape index (κ1) is 12.7. The van der Waals surface area contributed by atoms with Crippen molar-refractivity contribution in [3.05, 3.63) is 12.2 Å². The highest BCUT2D eigenvalue weighted by Crippen LogP contribution is 2.23. The number of unbranched alkanes of at least 4 members (excludes halogenated alkanes) is 1. The summed E-state index contributed by atoms with van der Waals surface area (Å²) < 4.78 is 0. The molecule has 0 heteroatoms. The minimum Gasteiger partial charge on any atom is -0.100 e. The SMILES string of the molecule is C=C(C)CCC(C)C(C)CCCC. The average Bonchev–Trinajstić information content (AvgIpc) is 2.10. The third kappa shape index (κ3) is 6.86. The van der Waals surface area contributed by atoms with Crippen molar-refractivity contribution in [2.45, 2.75) is 59.8 Å². The van der Waals surface area contributed by atoms with Crippen LogP contribution in [0.15, 0.2) is 12.2 Å². The lowest BCUT2D eigenvalue weighted by Gasteiger charge is -2.19. The second kappa shape index (κ2) is 7.17. The highest BCUT2D eigenvalue weighted by molar-refractivity contribution is 4.88. The molecule has 0 saturated heterocycles. The van der Waals surface area contributed by atoms with Gasteiger partial charge in [0.2, 0.25) is 0 Å². The van der Waals surface area contributed by atoms with Gasteiger partial charge in [0, 0.05) is 0 Å². The van der Waals surface area contributed by atoms with E-state index in [1.807, 2.05) is 0 Å². The highest BCUT2D eigenvalue weighted by atomic mass is 14.2. The number of allylic oxidation sites excluding steroid dienone is 1. The van der Waals surface area contributed by atoms with Crippen LogP contribution in [0.1, 0.15) is 59.8 Å². The van der Waals surface area contributed by atoms with Crippen LogP contribution in [-0.4, -0.2) is 0 Å². The number of rotatable bonds is 7. The second-order valence-electron chi connectivity index (χ2n) is 4.59. The van der Waals surface area contributed by atoms with E-state index in [2.05, 4.69) is 34.3 Å². The summed E-state index contributed by atoms with van der Waals surface area (Å²) in [7, 11) is 0. The van der Waals surface area contributed by atoms with Gasteiger partial charge in [-0.1, -0.05) is 45.6 Å². The first-order valence-electron chi connectivity index (χ1n) is 5.72. The molecule has 0 aromatic heterocycles. The molecule has 0 aliphatic rings. The molecule has 0 heterocycles. The van der Waals surface area contributed by atoms with E-state index in [0.717, 1.165) is 11.8 Å². The van der Waals surface area contributed by atoms with Crippen molar-refractivity contribution in [2.75, 3.05) is 0 Å². The monoisotopic (exact) mass is 182 g/mol. The van der Waals surface area contributed by atoms with Gasteiger partial charge in [-0.3, -0.25) is 0 Å². The predicted molar refractivity (Wildman–Crippen MR) is 61.9 cm³/mol. The van der Waals surface area contributed by atoms with Gasteiger partial charge in [-0.15, -0.1) is 6.58 Å². The summed E-state index contributed by atoms with van der Waals surface area (Å²) in [4.78, 5) is 0. The van der Waals surface area contributed by atoms with Crippen LogP contribution >= 0.6 is 0 Å². The van der Waals surface area contributed by atoms with Crippen LogP contribution < -0.4 is 0 Å². The van der Waals surface area contributed by atoms with Crippen molar-refractivity contribution in [2.24, 2.45) is 11.8 Å². The molecule has 0 rings (SSSR count). The van der Waals surface area contributed by atoms with Crippen LogP contribution in [0.5, 0.6) is 0 Å². The van der Waals surface area contributed by atoms with Crippen LogP contribution in [0, 0.1) is 11.8 Å². The Morgan fingerprint density at radius 1 is 1.15 bits per heavy atom. The van der Waals surface area contributed by atoms with E-state index >= 15 is 0 Å². The molecule has 0 bridgehead atoms. The Labute approximate surface area is 84.4 Å². The van der Waals surface area contributed by atoms with E-state index in [1.165, 1.54) is 37.7 Å². The first-order valence-corrected chi connectivity index (χ1v) is 5.72. The fourth-order valence-electron chi connectivity index (χ4n) is 1.57. The van der Waals surface area contributed by atoms with Crippen LogP contribution in [0.2, 0.25) is 0 Å². The third-order valence-electron chi connectivity index (χ3n) is 3.01. The van der Waals surface area contributed by atoms with E-state index < -0.39 is 0 Å². The summed E-state index contributed by atoms with van der Waals surface area (Å²) >= 11 is 0. The van der Waals surface area contributed by atoms with Gasteiger partial charge in [0.15, 0.2) is 0 Å². The van der Waals surface area contributed by atoms with Crippen LogP contribution in [0.4, 0.5) is 0 Å². The molecule has 0 amide bonds. The molecule has 13 heavy (non-hydrogen) atoms. The number of hydrogen-bond donors (Lipinski definition) is 0. The summed E-state index contributed by atoms with van der Waals surface area (Å²) in [5, 5.41) is 0. The Morgan fingerprint density at radius 2 is 1.69 bits per heavy atom. The van der Waals surface area contributed by atoms with Crippen LogP contribution in [0.25, 0.3) is 0 Å². The largest absolute Gasteiger partial charge is 0.100 e. The van der Waals surface area contributed by atoms with Gasteiger partial charge in [-0.25, -0.2) is 0 Å². The maximum absolute atomic E-state index is 3.95. The molecule has 78 valence electrons. The molecular formula is C13H26. The zero-order valence-corrected chi connectivity index (χ0v) is 9.90. The Morgan fingerprint density at radius 3 is 2.15 bits per heavy atom. The molecule has 2 unspecified atom stereocenters. The molecule has 0 nitrogen and oxygen atoms in total. The van der Waals surface area contributed by atoms with Crippen molar-refractivity contribution in [3.63, 3.8) is 0 Å². The molecule has 0 radical (unpaired) electrons. The van der Waals surface area contributed by atoms with E-state index in [9.17, 15) is 0 Å². The summed E-state index contributed by atoms with van der Waals surface area (Å²) in [6.07, 6.45) is 6.64. The van der Waals surface area contributed by atoms with Crippen molar-refractivity contribution in [1.29, 1.82) is 0 Å². The minimum atomic E-state index is 0.864. The molecular weight excluding hydrogens is 156 g/mol. The zero-order chi connectivity index (χ0) is 10.3. The minimum absolute atomic E-state index is 0.864. The van der Waals surface area contributed by atoms with Gasteiger partial charge < -0.3 is 0 Å².